The number of nitrogens with zero attached hydrogens (tertiary/aromatic N) is 1. The fraction of sp³-hybridized carbons (Fsp3) is 0.462. The molecule has 0 aliphatic rings. The number of carbonyl (C=O) groups is 1. The van der Waals surface area contributed by atoms with Crippen molar-refractivity contribution in [2.45, 2.75) is 26.7 Å². The largest absolute Gasteiger partial charge is 0.389 e. The molecule has 0 radical (unpaired) electrons. The van der Waals surface area contributed by atoms with E-state index in [2.05, 4.69) is 24.1 Å². The minimum Gasteiger partial charge on any atom is -0.389 e. The van der Waals surface area contributed by atoms with E-state index in [0.717, 1.165) is 12.8 Å². The molecular weight excluding hydrogens is 246 g/mol. The molecule has 1 aromatic rings. The number of rotatable bonds is 6. The lowest BCUT2D eigenvalue weighted by Gasteiger charge is -2.06. The monoisotopic (exact) mass is 265 g/mol. The van der Waals surface area contributed by atoms with E-state index in [1.807, 2.05) is 0 Å². The quantitative estimate of drug-likeness (QED) is 0.609. The minimum absolute atomic E-state index is 0.159. The molecule has 0 spiro atoms. The van der Waals surface area contributed by atoms with Crippen LogP contribution in [0.3, 0.4) is 0 Å². The fourth-order valence-electron chi connectivity index (χ4n) is 1.48. The van der Waals surface area contributed by atoms with Gasteiger partial charge in [-0.05, 0) is 30.9 Å². The van der Waals surface area contributed by atoms with Crippen LogP contribution >= 0.6 is 12.2 Å². The Morgan fingerprint density at radius 3 is 2.72 bits per heavy atom. The third kappa shape index (κ3) is 4.79. The van der Waals surface area contributed by atoms with Crippen LogP contribution in [-0.2, 0) is 0 Å². The molecule has 0 saturated heterocycles. The zero-order valence-corrected chi connectivity index (χ0v) is 11.6. The van der Waals surface area contributed by atoms with Crippen molar-refractivity contribution >= 4 is 23.1 Å². The van der Waals surface area contributed by atoms with E-state index in [-0.39, 0.29) is 10.9 Å². The molecule has 0 aliphatic carbocycles. The van der Waals surface area contributed by atoms with Gasteiger partial charge in [0.1, 0.15) is 10.7 Å². The molecule has 98 valence electrons. The van der Waals surface area contributed by atoms with Gasteiger partial charge in [0.25, 0.3) is 5.91 Å². The maximum absolute atomic E-state index is 11.7. The lowest BCUT2D eigenvalue weighted by molar-refractivity contribution is 0.0947. The van der Waals surface area contributed by atoms with E-state index in [4.69, 9.17) is 18.0 Å². The third-order valence-electron chi connectivity index (χ3n) is 2.52. The van der Waals surface area contributed by atoms with Crippen molar-refractivity contribution in [2.24, 2.45) is 11.7 Å². The van der Waals surface area contributed by atoms with E-state index in [1.165, 1.54) is 6.20 Å². The molecule has 0 unspecified atom stereocenters. The molecule has 5 heteroatoms. The summed E-state index contributed by atoms with van der Waals surface area (Å²) in [5, 5.41) is 2.84. The molecule has 1 rings (SSSR count). The van der Waals surface area contributed by atoms with Gasteiger partial charge in [0.05, 0.1) is 0 Å². The molecule has 0 aliphatic heterocycles. The van der Waals surface area contributed by atoms with Crippen LogP contribution < -0.4 is 11.1 Å². The highest BCUT2D eigenvalue weighted by atomic mass is 32.1. The molecule has 1 aromatic heterocycles. The molecule has 0 bridgehead atoms. The molecule has 3 N–H and O–H groups in total. The lowest BCUT2D eigenvalue weighted by atomic mass is 10.1. The molecule has 0 saturated carbocycles. The highest BCUT2D eigenvalue weighted by Crippen LogP contribution is 2.03. The van der Waals surface area contributed by atoms with Crippen LogP contribution in [0.25, 0.3) is 0 Å². The summed E-state index contributed by atoms with van der Waals surface area (Å²) in [7, 11) is 0. The second-order valence-corrected chi connectivity index (χ2v) is 5.03. The molecule has 0 fully saturated rings. The van der Waals surface area contributed by atoms with Crippen LogP contribution in [0, 0.1) is 5.92 Å². The Morgan fingerprint density at radius 1 is 1.50 bits per heavy atom. The van der Waals surface area contributed by atoms with E-state index >= 15 is 0 Å². The van der Waals surface area contributed by atoms with Gasteiger partial charge in [-0.2, -0.15) is 0 Å². The SMILES string of the molecule is CC(C)CCCNC(=O)c1ccc(C(N)=S)cn1. The summed E-state index contributed by atoms with van der Waals surface area (Å²) in [6.45, 7) is 5.01. The van der Waals surface area contributed by atoms with Crippen LogP contribution in [0.1, 0.15) is 42.7 Å². The average Bonchev–Trinajstić information content (AvgIpc) is 2.34. The van der Waals surface area contributed by atoms with E-state index in [1.54, 1.807) is 12.1 Å². The first kappa shape index (κ1) is 14.6. The van der Waals surface area contributed by atoms with Crippen molar-refractivity contribution in [3.63, 3.8) is 0 Å². The number of carbonyl (C=O) groups excluding carboxylic acids is 1. The zero-order valence-electron chi connectivity index (χ0n) is 10.8. The summed E-state index contributed by atoms with van der Waals surface area (Å²) in [5.74, 6) is 0.498. The van der Waals surface area contributed by atoms with Crippen molar-refractivity contribution in [1.29, 1.82) is 0 Å². The van der Waals surface area contributed by atoms with Crippen molar-refractivity contribution in [3.05, 3.63) is 29.6 Å². The average molecular weight is 265 g/mol. The number of aromatic nitrogens is 1. The Morgan fingerprint density at radius 2 is 2.22 bits per heavy atom. The van der Waals surface area contributed by atoms with Crippen LogP contribution in [0.5, 0.6) is 0 Å². The van der Waals surface area contributed by atoms with Gasteiger partial charge in [-0.3, -0.25) is 9.78 Å². The van der Waals surface area contributed by atoms with Crippen LogP contribution in [0.4, 0.5) is 0 Å². The second-order valence-electron chi connectivity index (χ2n) is 4.59. The van der Waals surface area contributed by atoms with Gasteiger partial charge < -0.3 is 11.1 Å². The summed E-state index contributed by atoms with van der Waals surface area (Å²) in [6.07, 6.45) is 3.60. The summed E-state index contributed by atoms with van der Waals surface area (Å²) in [5.41, 5.74) is 6.51. The number of hydrogen-bond donors (Lipinski definition) is 2. The number of nitrogens with one attached hydrogen (secondary N) is 1. The van der Waals surface area contributed by atoms with Crippen LogP contribution in [0.2, 0.25) is 0 Å². The molecule has 4 nitrogen and oxygen atoms in total. The first-order valence-corrected chi connectivity index (χ1v) is 6.45. The Hall–Kier alpha value is -1.49. The Kier molecular flexibility index (Phi) is 5.71. The predicted octanol–water partition coefficient (Wildman–Crippen LogP) is 1.88. The number of thiocarbonyl (C=S) groups is 1. The molecule has 1 amide bonds. The maximum atomic E-state index is 11.7. The first-order valence-electron chi connectivity index (χ1n) is 6.04. The summed E-state index contributed by atoms with van der Waals surface area (Å²) >= 11 is 4.82. The first-order chi connectivity index (χ1) is 8.50. The normalized spacial score (nSPS) is 10.4. The van der Waals surface area contributed by atoms with Gasteiger partial charge in [-0.15, -0.1) is 0 Å². The second kappa shape index (κ2) is 7.06. The highest BCUT2D eigenvalue weighted by molar-refractivity contribution is 7.80. The van der Waals surface area contributed by atoms with Gasteiger partial charge in [0.15, 0.2) is 0 Å². The van der Waals surface area contributed by atoms with Crippen molar-refractivity contribution in [1.82, 2.24) is 10.3 Å². The van der Waals surface area contributed by atoms with Gasteiger partial charge in [-0.1, -0.05) is 26.1 Å². The van der Waals surface area contributed by atoms with Crippen molar-refractivity contribution in [3.8, 4) is 0 Å². The predicted molar refractivity (Wildman–Crippen MR) is 76.5 cm³/mol. The van der Waals surface area contributed by atoms with Crippen LogP contribution in [-0.4, -0.2) is 22.4 Å². The fourth-order valence-corrected chi connectivity index (χ4v) is 1.60. The number of pyridine rings is 1. The van der Waals surface area contributed by atoms with E-state index in [9.17, 15) is 4.79 Å². The lowest BCUT2D eigenvalue weighted by Crippen LogP contribution is -2.25. The number of nitrogens with two attached hydrogens (primary N) is 1. The Labute approximate surface area is 113 Å². The molecular formula is C13H19N3OS. The van der Waals surface area contributed by atoms with Crippen molar-refractivity contribution in [2.75, 3.05) is 6.54 Å². The Bertz CT molecular complexity index is 415. The van der Waals surface area contributed by atoms with Gasteiger partial charge in [0, 0.05) is 18.3 Å². The molecule has 0 aromatic carbocycles. The maximum Gasteiger partial charge on any atom is 0.269 e. The summed E-state index contributed by atoms with van der Waals surface area (Å²) < 4.78 is 0. The van der Waals surface area contributed by atoms with E-state index < -0.39 is 0 Å². The minimum atomic E-state index is -0.159. The highest BCUT2D eigenvalue weighted by Gasteiger charge is 2.07. The number of hydrogen-bond acceptors (Lipinski definition) is 3. The van der Waals surface area contributed by atoms with Gasteiger partial charge >= 0.3 is 0 Å². The summed E-state index contributed by atoms with van der Waals surface area (Å²) in [4.78, 5) is 16.1. The molecule has 1 heterocycles. The van der Waals surface area contributed by atoms with Crippen LogP contribution in [0.15, 0.2) is 18.3 Å². The standard InChI is InChI=1S/C13H19N3OS/c1-9(2)4-3-7-15-13(17)11-6-5-10(8-16-11)12(14)18/h5-6,8-9H,3-4,7H2,1-2H3,(H2,14,18)(H,15,17). The Balaban J connectivity index is 2.44. The van der Waals surface area contributed by atoms with Gasteiger partial charge in [0.2, 0.25) is 0 Å². The number of amides is 1. The smallest absolute Gasteiger partial charge is 0.269 e. The van der Waals surface area contributed by atoms with Crippen molar-refractivity contribution < 1.29 is 4.79 Å². The zero-order chi connectivity index (χ0) is 13.5. The third-order valence-corrected chi connectivity index (χ3v) is 2.76. The van der Waals surface area contributed by atoms with Gasteiger partial charge in [-0.25, -0.2) is 0 Å². The molecule has 18 heavy (non-hydrogen) atoms. The topological polar surface area (TPSA) is 68.0 Å². The summed E-state index contributed by atoms with van der Waals surface area (Å²) in [6, 6.07) is 3.34. The van der Waals surface area contributed by atoms with E-state index in [0.29, 0.717) is 23.7 Å². The molecule has 0 atom stereocenters.